The van der Waals surface area contributed by atoms with Crippen LogP contribution in [0.25, 0.3) is 10.6 Å². The summed E-state index contributed by atoms with van der Waals surface area (Å²) in [6.07, 6.45) is 8.59. The number of piperidine rings is 1. The van der Waals surface area contributed by atoms with Gasteiger partial charge < -0.3 is 40.6 Å². The standard InChI is InChI=1S/C41H42N8O6S/c1-24-17-36(56-38(24)40(52)46-26-11-9-25(42)10-12-26)31-14-13-27(21-43-31)47-39(51)33-18-28(23-48(33)2)45-37(50)8-6-16-55-35-20-32-30(19-34(35)54-3)41(53)49-15-5-4-7-29(49)22-44-32/h9-14,17-23,29H,4-8,15-16,42H2,1-3H3,(H,45,50)(H,46,52)(H,47,51)/t29-/m0/s1. The molecular formula is C41H42N8O6S. The Morgan fingerprint density at radius 1 is 0.946 bits per heavy atom. The largest absolute Gasteiger partial charge is 0.493 e. The van der Waals surface area contributed by atoms with E-state index in [1.54, 1.807) is 78.6 Å². The summed E-state index contributed by atoms with van der Waals surface area (Å²) in [6.45, 7) is 2.81. The maximum Gasteiger partial charge on any atom is 0.272 e. The van der Waals surface area contributed by atoms with Gasteiger partial charge in [-0.15, -0.1) is 11.3 Å². The molecule has 0 saturated carbocycles. The van der Waals surface area contributed by atoms with Crippen LogP contribution < -0.4 is 31.2 Å². The molecule has 2 aliphatic heterocycles. The number of amides is 4. The SMILES string of the molecule is COc1cc2c(cc1OCCCC(=O)Nc1cc(C(=O)Nc3ccc(-c4cc(C)c(C(=O)Nc5ccc(N)cc5)s4)nc3)n(C)c1)N=C[C@@H]1CCCCN1C2=O. The van der Waals surface area contributed by atoms with Crippen LogP contribution in [0.2, 0.25) is 0 Å². The molecule has 2 aromatic carbocycles. The van der Waals surface area contributed by atoms with Crippen LogP contribution in [0.1, 0.15) is 68.2 Å². The normalized spacial score (nSPS) is 14.7. The van der Waals surface area contributed by atoms with Crippen molar-refractivity contribution in [3.05, 3.63) is 94.8 Å². The second-order valence-corrected chi connectivity index (χ2v) is 14.7. The molecular weight excluding hydrogens is 733 g/mol. The van der Waals surface area contributed by atoms with E-state index in [4.69, 9.17) is 15.2 Å². The van der Waals surface area contributed by atoms with Crippen molar-refractivity contribution in [3.63, 3.8) is 0 Å². The van der Waals surface area contributed by atoms with Crippen LogP contribution in [0.3, 0.4) is 0 Å². The molecule has 0 aliphatic carbocycles. The highest BCUT2D eigenvalue weighted by atomic mass is 32.1. The lowest BCUT2D eigenvalue weighted by molar-refractivity contribution is -0.116. The third kappa shape index (κ3) is 8.42. The third-order valence-corrected chi connectivity index (χ3v) is 10.9. The predicted octanol–water partition coefficient (Wildman–Crippen LogP) is 7.06. The number of carbonyl (C=O) groups is 4. The second-order valence-electron chi connectivity index (χ2n) is 13.7. The summed E-state index contributed by atoms with van der Waals surface area (Å²) in [4.78, 5) is 64.6. The van der Waals surface area contributed by atoms with Crippen molar-refractivity contribution in [3.8, 4) is 22.1 Å². The van der Waals surface area contributed by atoms with Gasteiger partial charge in [0.15, 0.2) is 11.5 Å². The lowest BCUT2D eigenvalue weighted by atomic mass is 10.0. The molecule has 7 rings (SSSR count). The molecule has 1 atom stereocenters. The summed E-state index contributed by atoms with van der Waals surface area (Å²) in [5.74, 6) is -0.00795. The molecule has 1 saturated heterocycles. The number of rotatable bonds is 12. The molecule has 56 heavy (non-hydrogen) atoms. The Kier molecular flexibility index (Phi) is 11.1. The summed E-state index contributed by atoms with van der Waals surface area (Å²) in [5.41, 5.74) is 10.8. The van der Waals surface area contributed by atoms with Gasteiger partial charge in [0, 0.05) is 49.9 Å². The first-order chi connectivity index (χ1) is 27.1. The van der Waals surface area contributed by atoms with Gasteiger partial charge in [-0.05, 0) is 92.8 Å². The van der Waals surface area contributed by atoms with E-state index in [1.807, 2.05) is 24.1 Å². The van der Waals surface area contributed by atoms with Gasteiger partial charge in [-0.2, -0.15) is 0 Å². The van der Waals surface area contributed by atoms with Crippen LogP contribution in [0.15, 0.2) is 78.0 Å². The van der Waals surface area contributed by atoms with E-state index in [0.717, 1.165) is 29.7 Å². The van der Waals surface area contributed by atoms with Crippen molar-refractivity contribution in [1.82, 2.24) is 14.5 Å². The number of thiophene rings is 1. The summed E-state index contributed by atoms with van der Waals surface area (Å²) >= 11 is 1.33. The Morgan fingerprint density at radius 2 is 1.73 bits per heavy atom. The number of aromatic nitrogens is 2. The maximum atomic E-state index is 13.3. The molecule has 14 nitrogen and oxygen atoms in total. The smallest absolute Gasteiger partial charge is 0.272 e. The van der Waals surface area contributed by atoms with Crippen LogP contribution in [0.5, 0.6) is 11.5 Å². The number of hydrogen-bond acceptors (Lipinski definition) is 10. The number of ether oxygens (including phenoxy) is 2. The van der Waals surface area contributed by atoms with Crippen molar-refractivity contribution in [2.45, 2.75) is 45.1 Å². The van der Waals surface area contributed by atoms with E-state index < -0.39 is 0 Å². The van der Waals surface area contributed by atoms with Crippen LogP contribution in [-0.2, 0) is 11.8 Å². The Balaban J connectivity index is 0.899. The van der Waals surface area contributed by atoms with E-state index in [9.17, 15) is 19.2 Å². The molecule has 0 bridgehead atoms. The number of hydrogen-bond donors (Lipinski definition) is 4. The molecule has 0 radical (unpaired) electrons. The molecule has 288 valence electrons. The number of benzene rings is 2. The minimum absolute atomic E-state index is 0.00915. The number of nitrogens with zero attached hydrogens (tertiary/aromatic N) is 4. The molecule has 5 aromatic rings. The Morgan fingerprint density at radius 3 is 2.50 bits per heavy atom. The molecule has 5 heterocycles. The van der Waals surface area contributed by atoms with Gasteiger partial charge in [0.25, 0.3) is 17.7 Å². The Labute approximate surface area is 327 Å². The Hall–Kier alpha value is -6.48. The van der Waals surface area contributed by atoms with Crippen molar-refractivity contribution >= 4 is 69.6 Å². The van der Waals surface area contributed by atoms with Gasteiger partial charge in [-0.25, -0.2) is 0 Å². The number of anilines is 4. The van der Waals surface area contributed by atoms with E-state index in [-0.39, 0.29) is 42.7 Å². The molecule has 15 heteroatoms. The number of methoxy groups -OCH3 is 1. The van der Waals surface area contributed by atoms with Crippen LogP contribution in [0.4, 0.5) is 28.4 Å². The lowest BCUT2D eigenvalue weighted by Gasteiger charge is -2.32. The number of aryl methyl sites for hydroxylation is 2. The van der Waals surface area contributed by atoms with Crippen molar-refractivity contribution < 1.29 is 28.7 Å². The van der Waals surface area contributed by atoms with Gasteiger partial charge in [0.1, 0.15) is 5.69 Å². The first-order valence-electron chi connectivity index (χ1n) is 18.3. The maximum absolute atomic E-state index is 13.3. The first kappa shape index (κ1) is 37.8. The molecule has 2 aliphatic rings. The fraction of sp³-hybridized carbons (Fsp3) is 0.268. The van der Waals surface area contributed by atoms with Gasteiger partial charge in [-0.1, -0.05) is 0 Å². The number of nitrogens with one attached hydrogen (secondary N) is 3. The van der Waals surface area contributed by atoms with Gasteiger partial charge in [-0.3, -0.25) is 29.2 Å². The highest BCUT2D eigenvalue weighted by molar-refractivity contribution is 7.17. The van der Waals surface area contributed by atoms with Crippen LogP contribution >= 0.6 is 11.3 Å². The van der Waals surface area contributed by atoms with Gasteiger partial charge in [0.05, 0.1) is 64.0 Å². The summed E-state index contributed by atoms with van der Waals surface area (Å²) in [6, 6.07) is 17.4. The minimum Gasteiger partial charge on any atom is -0.493 e. The molecule has 3 aromatic heterocycles. The van der Waals surface area contributed by atoms with Crippen molar-refractivity contribution in [2.24, 2.45) is 12.0 Å². The Bertz CT molecular complexity index is 2320. The van der Waals surface area contributed by atoms with E-state index in [2.05, 4.69) is 25.9 Å². The topological polar surface area (TPSA) is 182 Å². The molecule has 5 N–H and O–H groups in total. The number of fused-ring (bicyclic) bond motifs is 2. The molecule has 4 amide bonds. The summed E-state index contributed by atoms with van der Waals surface area (Å²) < 4.78 is 13.2. The fourth-order valence-corrected chi connectivity index (χ4v) is 7.72. The minimum atomic E-state index is -0.374. The number of aliphatic imine (C=N–C) groups is 1. The quantitative estimate of drug-likeness (QED) is 0.0768. The average Bonchev–Trinajstić information content (AvgIpc) is 3.74. The third-order valence-electron chi connectivity index (χ3n) is 9.60. The van der Waals surface area contributed by atoms with Gasteiger partial charge >= 0.3 is 0 Å². The zero-order valence-corrected chi connectivity index (χ0v) is 32.1. The summed E-state index contributed by atoms with van der Waals surface area (Å²) in [7, 11) is 3.24. The zero-order chi connectivity index (χ0) is 39.3. The predicted molar refractivity (Wildman–Crippen MR) is 218 cm³/mol. The van der Waals surface area contributed by atoms with Gasteiger partial charge in [0.2, 0.25) is 5.91 Å². The number of nitrogens with two attached hydrogens (primary N) is 1. The lowest BCUT2D eigenvalue weighted by Crippen LogP contribution is -2.43. The average molecular weight is 775 g/mol. The van der Waals surface area contributed by atoms with Crippen molar-refractivity contribution in [1.29, 1.82) is 0 Å². The number of pyridine rings is 1. The van der Waals surface area contributed by atoms with E-state index in [1.165, 1.54) is 18.4 Å². The van der Waals surface area contributed by atoms with E-state index >= 15 is 0 Å². The fourth-order valence-electron chi connectivity index (χ4n) is 6.68. The zero-order valence-electron chi connectivity index (χ0n) is 31.3. The highest BCUT2D eigenvalue weighted by Crippen LogP contribution is 2.38. The monoisotopic (exact) mass is 774 g/mol. The molecule has 1 fully saturated rings. The first-order valence-corrected chi connectivity index (χ1v) is 19.1. The number of nitrogen functional groups attached to an aromatic ring is 1. The van der Waals surface area contributed by atoms with E-state index in [0.29, 0.717) is 74.7 Å². The second kappa shape index (κ2) is 16.5. The van der Waals surface area contributed by atoms with Crippen molar-refractivity contribution in [2.75, 3.05) is 41.9 Å². The molecule has 0 unspecified atom stereocenters. The summed E-state index contributed by atoms with van der Waals surface area (Å²) in [5, 5.41) is 8.60. The highest BCUT2D eigenvalue weighted by Gasteiger charge is 2.31. The van der Waals surface area contributed by atoms with Crippen LogP contribution in [0, 0.1) is 6.92 Å². The number of carbonyl (C=O) groups excluding carboxylic acids is 4. The van der Waals surface area contributed by atoms with Crippen LogP contribution in [-0.4, -0.2) is 70.6 Å². The molecule has 0 spiro atoms.